The molecule has 0 radical (unpaired) electrons. The van der Waals surface area contributed by atoms with Crippen molar-refractivity contribution in [1.82, 2.24) is 0 Å². The fourth-order valence-corrected chi connectivity index (χ4v) is 4.04. The molecule has 0 aromatic heterocycles. The van der Waals surface area contributed by atoms with Gasteiger partial charge in [-0.3, -0.25) is 0 Å². The maximum atomic E-state index is 12.0. The zero-order valence-corrected chi connectivity index (χ0v) is 10.2. The van der Waals surface area contributed by atoms with Gasteiger partial charge in [0.05, 0.1) is 5.92 Å². The molecule has 3 heteroatoms. The first-order valence-corrected chi connectivity index (χ1v) is 6.77. The average Bonchev–Trinajstić information content (AvgIpc) is 3.05. The summed E-state index contributed by atoms with van der Waals surface area (Å²) < 4.78 is 1.95. The van der Waals surface area contributed by atoms with Crippen LogP contribution in [0.1, 0.15) is 24.8 Å². The van der Waals surface area contributed by atoms with E-state index in [1.54, 1.807) is 0 Å². The van der Waals surface area contributed by atoms with Gasteiger partial charge in [-0.15, -0.1) is 0 Å². The summed E-state index contributed by atoms with van der Waals surface area (Å²) in [5, 5.41) is 16.3. The number of rotatable bonds is 1. The van der Waals surface area contributed by atoms with Gasteiger partial charge in [0.25, 0.3) is 0 Å². The minimum atomic E-state index is 0.111. The van der Waals surface area contributed by atoms with E-state index in [1.165, 1.54) is 19.3 Å². The lowest BCUT2D eigenvalue weighted by molar-refractivity contribution is -0.569. The topological polar surface area (TPSA) is 38.4 Å². The van der Waals surface area contributed by atoms with Crippen LogP contribution in [0.15, 0.2) is 35.4 Å². The minimum absolute atomic E-state index is 0.111. The molecule has 4 atom stereocenters. The molecule has 3 nitrogen and oxygen atoms in total. The molecule has 4 rings (SSSR count). The summed E-state index contributed by atoms with van der Waals surface area (Å²) >= 11 is 0. The maximum absolute atomic E-state index is 12.0. The van der Waals surface area contributed by atoms with Crippen molar-refractivity contribution in [2.24, 2.45) is 22.9 Å². The second-order valence-corrected chi connectivity index (χ2v) is 5.71. The van der Waals surface area contributed by atoms with Crippen molar-refractivity contribution < 1.29 is 9.79 Å². The fraction of sp³-hybridized carbons (Fsp3) is 0.467. The highest BCUT2D eigenvalue weighted by molar-refractivity contribution is 5.80. The molecule has 2 aliphatic carbocycles. The molecule has 92 valence electrons. The predicted octanol–water partition coefficient (Wildman–Crippen LogP) is 1.22. The normalized spacial score (nSPS) is 39.1. The highest BCUT2D eigenvalue weighted by atomic mass is 16.3. The van der Waals surface area contributed by atoms with E-state index in [2.05, 4.69) is 17.2 Å². The van der Waals surface area contributed by atoms with Crippen molar-refractivity contribution >= 4 is 12.1 Å². The number of hydrazone groups is 1. The molecule has 0 amide bonds. The van der Waals surface area contributed by atoms with Crippen molar-refractivity contribution in [3.63, 3.8) is 0 Å². The first-order valence-electron chi connectivity index (χ1n) is 6.77. The molecule has 18 heavy (non-hydrogen) atoms. The summed E-state index contributed by atoms with van der Waals surface area (Å²) in [7, 11) is 0. The lowest BCUT2D eigenvalue weighted by Crippen LogP contribution is -2.37. The largest absolute Gasteiger partial charge is 0.857 e. The molecule has 0 unspecified atom stereocenters. The summed E-state index contributed by atoms with van der Waals surface area (Å²) in [6, 6.07) is 10.5. The van der Waals surface area contributed by atoms with Crippen molar-refractivity contribution in [2.75, 3.05) is 0 Å². The van der Waals surface area contributed by atoms with Crippen molar-refractivity contribution in [2.45, 2.75) is 25.3 Å². The molecular formula is C15H16N2O. The van der Waals surface area contributed by atoms with Crippen LogP contribution in [-0.2, 0) is 0 Å². The van der Waals surface area contributed by atoms with E-state index in [9.17, 15) is 5.11 Å². The average molecular weight is 240 g/mol. The van der Waals surface area contributed by atoms with E-state index in [0.717, 1.165) is 5.56 Å². The standard InChI is InChI=1S/C15H16N2O/c18-15-13-11-6-7-12(8-11)14(13)17(16-15)9-10-4-2-1-3-5-10/h1-5,9,11-14H,6-8H2/b17-9-/t11-,12+,13+,14-/m1/s1. The van der Waals surface area contributed by atoms with Crippen LogP contribution < -0.4 is 5.11 Å². The Morgan fingerprint density at radius 1 is 1.17 bits per heavy atom. The van der Waals surface area contributed by atoms with E-state index in [-0.39, 0.29) is 11.8 Å². The summed E-state index contributed by atoms with van der Waals surface area (Å²) in [5.41, 5.74) is 1.12. The van der Waals surface area contributed by atoms with E-state index < -0.39 is 0 Å². The Labute approximate surface area is 106 Å². The van der Waals surface area contributed by atoms with Crippen LogP contribution in [0.4, 0.5) is 0 Å². The van der Waals surface area contributed by atoms with Gasteiger partial charge < -0.3 is 5.11 Å². The van der Waals surface area contributed by atoms with Crippen LogP contribution in [0, 0.1) is 17.8 Å². The third-order valence-corrected chi connectivity index (χ3v) is 4.76. The van der Waals surface area contributed by atoms with Crippen molar-refractivity contribution in [1.29, 1.82) is 0 Å². The highest BCUT2D eigenvalue weighted by Crippen LogP contribution is 2.51. The van der Waals surface area contributed by atoms with E-state index >= 15 is 0 Å². The Hall–Kier alpha value is -1.64. The first kappa shape index (κ1) is 10.3. The van der Waals surface area contributed by atoms with E-state index in [1.807, 2.05) is 29.1 Å². The summed E-state index contributed by atoms with van der Waals surface area (Å²) in [4.78, 5) is 0. The summed E-state index contributed by atoms with van der Waals surface area (Å²) in [5.74, 6) is 1.57. The molecule has 2 fully saturated rings. The van der Waals surface area contributed by atoms with Crippen LogP contribution in [-0.4, -0.2) is 22.8 Å². The fourth-order valence-electron chi connectivity index (χ4n) is 4.04. The Bertz CT molecular complexity index is 535. The van der Waals surface area contributed by atoms with E-state index in [4.69, 9.17) is 0 Å². The third kappa shape index (κ3) is 1.36. The molecule has 0 spiro atoms. The van der Waals surface area contributed by atoms with Gasteiger partial charge in [-0.25, -0.2) is 0 Å². The van der Waals surface area contributed by atoms with Crippen LogP contribution in [0.2, 0.25) is 0 Å². The minimum Gasteiger partial charge on any atom is -0.857 e. The second kappa shape index (κ2) is 3.67. The van der Waals surface area contributed by atoms with Gasteiger partial charge in [-0.05, 0) is 42.4 Å². The predicted molar refractivity (Wildman–Crippen MR) is 67.4 cm³/mol. The van der Waals surface area contributed by atoms with Gasteiger partial charge in [0.2, 0.25) is 6.21 Å². The number of nitrogens with zero attached hydrogens (tertiary/aromatic N) is 2. The number of hydrogen-bond donors (Lipinski definition) is 0. The van der Waals surface area contributed by atoms with Gasteiger partial charge in [0.15, 0.2) is 6.04 Å². The van der Waals surface area contributed by atoms with Crippen molar-refractivity contribution in [3.05, 3.63) is 35.9 Å². The Kier molecular flexibility index (Phi) is 2.10. The molecule has 2 bridgehead atoms. The number of fused-ring (bicyclic) bond motifs is 5. The molecule has 1 aliphatic heterocycles. The molecule has 1 aromatic rings. The maximum Gasteiger partial charge on any atom is 0.203 e. The molecule has 1 aromatic carbocycles. The van der Waals surface area contributed by atoms with Gasteiger partial charge >= 0.3 is 0 Å². The molecule has 0 N–H and O–H groups in total. The van der Waals surface area contributed by atoms with Gasteiger partial charge in [-0.2, -0.15) is 0 Å². The zero-order valence-electron chi connectivity index (χ0n) is 10.2. The Balaban J connectivity index is 1.73. The zero-order chi connectivity index (χ0) is 12.1. The molecule has 1 heterocycles. The lowest BCUT2D eigenvalue weighted by Gasteiger charge is -2.22. The number of benzene rings is 1. The van der Waals surface area contributed by atoms with Gasteiger partial charge in [0.1, 0.15) is 0 Å². The lowest BCUT2D eigenvalue weighted by atomic mass is 9.85. The second-order valence-electron chi connectivity index (χ2n) is 5.71. The van der Waals surface area contributed by atoms with Crippen molar-refractivity contribution in [3.8, 4) is 0 Å². The summed E-state index contributed by atoms with van der Waals surface area (Å²) in [6.07, 6.45) is 5.76. The molecule has 0 saturated heterocycles. The first-order chi connectivity index (χ1) is 8.83. The molecule has 2 saturated carbocycles. The highest BCUT2D eigenvalue weighted by Gasteiger charge is 2.57. The van der Waals surface area contributed by atoms with Gasteiger partial charge in [-0.1, -0.05) is 22.9 Å². The third-order valence-electron chi connectivity index (χ3n) is 4.76. The molecular weight excluding hydrogens is 224 g/mol. The monoisotopic (exact) mass is 240 g/mol. The Morgan fingerprint density at radius 2 is 1.94 bits per heavy atom. The SMILES string of the molecule is [O-]C1=N/[N+](=C\c2ccccc2)[C@@H]2[C@H]3CC[C@H](C3)[C@H]12. The molecule has 3 aliphatic rings. The number of hydrogen-bond acceptors (Lipinski definition) is 2. The smallest absolute Gasteiger partial charge is 0.203 e. The van der Waals surface area contributed by atoms with Crippen LogP contribution in [0.25, 0.3) is 0 Å². The Morgan fingerprint density at radius 3 is 2.78 bits per heavy atom. The quantitative estimate of drug-likeness (QED) is 0.680. The summed E-state index contributed by atoms with van der Waals surface area (Å²) in [6.45, 7) is 0. The van der Waals surface area contributed by atoms with Crippen LogP contribution in [0.3, 0.4) is 0 Å². The van der Waals surface area contributed by atoms with E-state index in [0.29, 0.717) is 17.9 Å². The van der Waals surface area contributed by atoms with Crippen LogP contribution in [0.5, 0.6) is 0 Å². The van der Waals surface area contributed by atoms with Gasteiger partial charge in [0, 0.05) is 17.4 Å². The van der Waals surface area contributed by atoms with Crippen LogP contribution >= 0.6 is 0 Å².